The average Bonchev–Trinajstić information content (AvgIpc) is 3.48. The van der Waals surface area contributed by atoms with Gasteiger partial charge in [0.25, 0.3) is 0 Å². The summed E-state index contributed by atoms with van der Waals surface area (Å²) in [5.74, 6) is 0.349. The molecule has 10 nitrogen and oxygen atoms in total. The van der Waals surface area contributed by atoms with Gasteiger partial charge >= 0.3 is 12.2 Å². The molecule has 1 aliphatic heterocycles. The molecule has 1 aromatic carbocycles. The van der Waals surface area contributed by atoms with Gasteiger partial charge in [0.15, 0.2) is 12.5 Å². The molecule has 1 aromatic heterocycles. The third kappa shape index (κ3) is 7.33. The number of fused-ring (bicyclic) bond motifs is 3. The number of aryl methyl sites for hydroxylation is 1. The zero-order valence-electron chi connectivity index (χ0n) is 26.8. The molecular weight excluding hydrogens is 560 g/mol. The number of aromatic nitrogens is 1. The fraction of sp³-hybridized carbons (Fsp3) is 0.618. The highest BCUT2D eigenvalue weighted by atomic mass is 16.7. The lowest BCUT2D eigenvalue weighted by Gasteiger charge is -2.33. The Labute approximate surface area is 260 Å². The molecular formula is C34H48N4O6. The highest BCUT2D eigenvalue weighted by Crippen LogP contribution is 2.35. The van der Waals surface area contributed by atoms with E-state index in [0.717, 1.165) is 60.7 Å². The number of nitrogens with one attached hydrogen (secondary N) is 1. The standard InChI is InChI=1S/C34H48N4O6/c1-23-37(21-25-15-16-28-30(31(25)39)26-13-9-10-14-27(26)36(28)5)19-20-38(23)22-42-33(41)43-29(24-11-7-6-8-12-24)17-18-35-32(40)44-34(2,3)4/h9-10,13-14,19-20,23-25,29H,6-8,11-12,15-18,21-22H2,1-5H3,(H,35,40). The Hall–Kier alpha value is -3.69. The molecule has 2 heterocycles. The first kappa shape index (κ1) is 31.7. The van der Waals surface area contributed by atoms with Crippen LogP contribution in [0.5, 0.6) is 0 Å². The Kier molecular flexibility index (Phi) is 9.75. The average molecular weight is 609 g/mol. The van der Waals surface area contributed by atoms with E-state index in [4.69, 9.17) is 14.2 Å². The number of nitrogens with zero attached hydrogens (tertiary/aromatic N) is 3. The highest BCUT2D eigenvalue weighted by Gasteiger charge is 2.35. The molecule has 5 rings (SSSR count). The van der Waals surface area contributed by atoms with Crippen molar-refractivity contribution in [3.05, 3.63) is 47.9 Å². The van der Waals surface area contributed by atoms with Crippen LogP contribution in [0.25, 0.3) is 10.9 Å². The molecule has 44 heavy (non-hydrogen) atoms. The molecule has 2 aromatic rings. The van der Waals surface area contributed by atoms with Gasteiger partial charge in [-0.2, -0.15) is 0 Å². The van der Waals surface area contributed by atoms with Crippen molar-refractivity contribution >= 4 is 28.9 Å². The van der Waals surface area contributed by atoms with E-state index in [0.29, 0.717) is 19.5 Å². The van der Waals surface area contributed by atoms with Gasteiger partial charge in [-0.25, -0.2) is 9.59 Å². The van der Waals surface area contributed by atoms with Gasteiger partial charge in [-0.1, -0.05) is 37.5 Å². The summed E-state index contributed by atoms with van der Waals surface area (Å²) in [4.78, 5) is 42.7. The number of carbonyl (C=O) groups excluding carboxylic acids is 3. The van der Waals surface area contributed by atoms with Gasteiger partial charge in [-0.05, 0) is 65.4 Å². The lowest BCUT2D eigenvalue weighted by molar-refractivity contribution is -0.0321. The van der Waals surface area contributed by atoms with E-state index in [-0.39, 0.29) is 36.6 Å². The summed E-state index contributed by atoms with van der Waals surface area (Å²) in [7, 11) is 2.04. The van der Waals surface area contributed by atoms with Crippen molar-refractivity contribution in [2.45, 2.75) is 96.9 Å². The summed E-state index contributed by atoms with van der Waals surface area (Å²) in [6.07, 6.45) is 9.85. The number of benzene rings is 1. The molecule has 240 valence electrons. The van der Waals surface area contributed by atoms with Crippen LogP contribution in [-0.4, -0.2) is 70.1 Å². The number of rotatable bonds is 9. The van der Waals surface area contributed by atoms with Gasteiger partial charge in [0.2, 0.25) is 0 Å². The molecule has 3 unspecified atom stereocenters. The van der Waals surface area contributed by atoms with Crippen LogP contribution in [0.2, 0.25) is 0 Å². The maximum absolute atomic E-state index is 13.6. The summed E-state index contributed by atoms with van der Waals surface area (Å²) >= 11 is 0. The van der Waals surface area contributed by atoms with E-state index in [1.807, 2.05) is 70.2 Å². The van der Waals surface area contributed by atoms with E-state index in [1.165, 1.54) is 6.42 Å². The quantitative estimate of drug-likeness (QED) is 0.330. The predicted molar refractivity (Wildman–Crippen MR) is 168 cm³/mol. The van der Waals surface area contributed by atoms with E-state index in [1.54, 1.807) is 0 Å². The van der Waals surface area contributed by atoms with Crippen LogP contribution >= 0.6 is 0 Å². The third-order valence-electron chi connectivity index (χ3n) is 9.27. The Bertz CT molecular complexity index is 1370. The second-order valence-corrected chi connectivity index (χ2v) is 13.4. The number of ether oxygens (including phenoxy) is 3. The van der Waals surface area contributed by atoms with Crippen LogP contribution in [0.1, 0.15) is 88.7 Å². The van der Waals surface area contributed by atoms with Crippen LogP contribution in [0, 0.1) is 11.8 Å². The van der Waals surface area contributed by atoms with E-state index >= 15 is 0 Å². The highest BCUT2D eigenvalue weighted by molar-refractivity contribution is 6.11. The predicted octanol–water partition coefficient (Wildman–Crippen LogP) is 6.33. The largest absolute Gasteiger partial charge is 0.510 e. The second kappa shape index (κ2) is 13.5. The monoisotopic (exact) mass is 608 g/mol. The number of hydrogen-bond acceptors (Lipinski definition) is 8. The van der Waals surface area contributed by atoms with E-state index in [9.17, 15) is 14.4 Å². The molecule has 3 atom stereocenters. The van der Waals surface area contributed by atoms with Crippen molar-refractivity contribution in [3.8, 4) is 0 Å². The SMILES string of the molecule is CC1N(COC(=O)OC(CCNC(=O)OC(C)(C)C)C2CCCCC2)C=CN1CC1CCc2c(c3ccccc3n2C)C1=O. The fourth-order valence-electron chi connectivity index (χ4n) is 6.88. The molecule has 0 saturated heterocycles. The number of Topliss-reactive ketones (excluding diaryl/α,β-unsaturated/α-hetero) is 1. The van der Waals surface area contributed by atoms with Crippen molar-refractivity contribution < 1.29 is 28.6 Å². The molecule has 3 aliphatic rings. The van der Waals surface area contributed by atoms with Crippen molar-refractivity contribution in [1.82, 2.24) is 19.7 Å². The lowest BCUT2D eigenvalue weighted by atomic mass is 9.84. The zero-order valence-corrected chi connectivity index (χ0v) is 26.8. The Morgan fingerprint density at radius 1 is 1.05 bits per heavy atom. The van der Waals surface area contributed by atoms with Gasteiger partial charge in [0.05, 0.1) is 0 Å². The smallest absolute Gasteiger partial charge is 0.444 e. The summed E-state index contributed by atoms with van der Waals surface area (Å²) in [5.41, 5.74) is 2.52. The minimum Gasteiger partial charge on any atom is -0.444 e. The van der Waals surface area contributed by atoms with Gasteiger partial charge in [0, 0.05) is 67.0 Å². The first-order valence-corrected chi connectivity index (χ1v) is 16.1. The van der Waals surface area contributed by atoms with Crippen molar-refractivity contribution in [2.75, 3.05) is 19.8 Å². The van der Waals surface area contributed by atoms with Crippen LogP contribution < -0.4 is 5.32 Å². The summed E-state index contributed by atoms with van der Waals surface area (Å²) < 4.78 is 18.9. The van der Waals surface area contributed by atoms with E-state index < -0.39 is 17.8 Å². The summed E-state index contributed by atoms with van der Waals surface area (Å²) in [6, 6.07) is 8.12. The minimum atomic E-state index is -0.706. The number of alkyl carbamates (subject to hydrolysis) is 1. The Balaban J connectivity index is 1.11. The maximum Gasteiger partial charge on any atom is 0.510 e. The molecule has 0 radical (unpaired) electrons. The number of hydrogen-bond donors (Lipinski definition) is 1. The molecule has 1 amide bonds. The lowest BCUT2D eigenvalue weighted by Crippen LogP contribution is -2.42. The fourth-order valence-corrected chi connectivity index (χ4v) is 6.88. The van der Waals surface area contributed by atoms with Crippen LogP contribution in [0.4, 0.5) is 9.59 Å². The molecule has 10 heteroatoms. The number of carbonyl (C=O) groups is 3. The zero-order chi connectivity index (χ0) is 31.4. The van der Waals surface area contributed by atoms with Crippen molar-refractivity contribution in [2.24, 2.45) is 18.9 Å². The molecule has 1 fully saturated rings. The molecule has 0 bridgehead atoms. The third-order valence-corrected chi connectivity index (χ3v) is 9.27. The molecule has 2 aliphatic carbocycles. The van der Waals surface area contributed by atoms with E-state index in [2.05, 4.69) is 20.9 Å². The van der Waals surface area contributed by atoms with Gasteiger partial charge in [-0.15, -0.1) is 0 Å². The van der Waals surface area contributed by atoms with Crippen molar-refractivity contribution in [1.29, 1.82) is 0 Å². The first-order chi connectivity index (χ1) is 21.0. The Morgan fingerprint density at radius 3 is 2.52 bits per heavy atom. The van der Waals surface area contributed by atoms with Crippen LogP contribution in [0.3, 0.4) is 0 Å². The second-order valence-electron chi connectivity index (χ2n) is 13.4. The van der Waals surface area contributed by atoms with Crippen LogP contribution in [-0.2, 0) is 27.7 Å². The van der Waals surface area contributed by atoms with Crippen molar-refractivity contribution in [3.63, 3.8) is 0 Å². The number of amides is 1. The maximum atomic E-state index is 13.6. The van der Waals surface area contributed by atoms with Gasteiger partial charge in [-0.3, -0.25) is 4.79 Å². The normalized spacial score (nSPS) is 21.3. The minimum absolute atomic E-state index is 0.0482. The number of para-hydroxylation sites is 1. The van der Waals surface area contributed by atoms with Gasteiger partial charge < -0.3 is 33.9 Å². The molecule has 1 saturated carbocycles. The summed E-state index contributed by atoms with van der Waals surface area (Å²) in [6.45, 7) is 8.51. The molecule has 1 N–H and O–H groups in total. The van der Waals surface area contributed by atoms with Gasteiger partial charge in [0.1, 0.15) is 17.9 Å². The Morgan fingerprint density at radius 2 is 1.77 bits per heavy atom. The first-order valence-electron chi connectivity index (χ1n) is 16.1. The van der Waals surface area contributed by atoms with Crippen LogP contribution in [0.15, 0.2) is 36.7 Å². The number of ketones is 1. The molecule has 0 spiro atoms. The topological polar surface area (TPSA) is 102 Å². The summed E-state index contributed by atoms with van der Waals surface area (Å²) in [5, 5.41) is 3.81.